The van der Waals surface area contributed by atoms with E-state index in [-0.39, 0.29) is 12.2 Å². The zero-order valence-electron chi connectivity index (χ0n) is 15.8. The second-order valence-corrected chi connectivity index (χ2v) is 6.28. The maximum atomic E-state index is 13.5. The Morgan fingerprint density at radius 2 is 1.86 bits per heavy atom. The van der Waals surface area contributed by atoms with Crippen LogP contribution in [0.15, 0.2) is 48.5 Å². The fraction of sp³-hybridized carbons (Fsp3) is 0.333. The molecule has 3 rings (SSSR count). The predicted octanol–water partition coefficient (Wildman–Crippen LogP) is 5.07. The summed E-state index contributed by atoms with van der Waals surface area (Å²) in [6, 6.07) is 14.1. The number of halogens is 2. The van der Waals surface area contributed by atoms with Gasteiger partial charge >= 0.3 is 12.5 Å². The second-order valence-electron chi connectivity index (χ2n) is 6.28. The SMILES string of the molecule is CCOc1ccccc1CCC(=O)OC(C)c1nc2ccccc2n1C(F)F. The molecule has 7 heteroatoms. The first kappa shape index (κ1) is 19.8. The summed E-state index contributed by atoms with van der Waals surface area (Å²) >= 11 is 0. The van der Waals surface area contributed by atoms with E-state index in [2.05, 4.69) is 4.98 Å². The number of carbonyl (C=O) groups excluding carboxylic acids is 1. The molecule has 0 amide bonds. The molecule has 3 aromatic rings. The first-order chi connectivity index (χ1) is 13.5. The maximum Gasteiger partial charge on any atom is 0.320 e. The smallest absolute Gasteiger partial charge is 0.320 e. The normalized spacial score (nSPS) is 12.3. The topological polar surface area (TPSA) is 53.4 Å². The molecule has 0 aliphatic heterocycles. The number of nitrogens with zero attached hydrogens (tertiary/aromatic N) is 2. The van der Waals surface area contributed by atoms with Crippen molar-refractivity contribution in [3.8, 4) is 5.75 Å². The lowest BCUT2D eigenvalue weighted by atomic mass is 10.1. The van der Waals surface area contributed by atoms with Crippen LogP contribution in [0.4, 0.5) is 8.78 Å². The molecule has 1 heterocycles. The van der Waals surface area contributed by atoms with Crippen LogP contribution in [-0.2, 0) is 16.0 Å². The summed E-state index contributed by atoms with van der Waals surface area (Å²) < 4.78 is 38.8. The van der Waals surface area contributed by atoms with Gasteiger partial charge in [-0.2, -0.15) is 8.78 Å². The number of fused-ring (bicyclic) bond motifs is 1. The lowest BCUT2D eigenvalue weighted by Gasteiger charge is -2.15. The number of hydrogen-bond acceptors (Lipinski definition) is 4. The van der Waals surface area contributed by atoms with E-state index in [0.29, 0.717) is 24.1 Å². The number of imidazole rings is 1. The maximum absolute atomic E-state index is 13.5. The molecule has 1 aromatic heterocycles. The number of aryl methyl sites for hydroxylation is 1. The van der Waals surface area contributed by atoms with E-state index in [1.54, 1.807) is 31.2 Å². The van der Waals surface area contributed by atoms with E-state index in [1.165, 1.54) is 0 Å². The molecule has 0 aliphatic rings. The lowest BCUT2D eigenvalue weighted by molar-refractivity contribution is -0.149. The van der Waals surface area contributed by atoms with Crippen molar-refractivity contribution in [3.63, 3.8) is 0 Å². The van der Waals surface area contributed by atoms with Crippen molar-refractivity contribution in [2.45, 2.75) is 39.3 Å². The van der Waals surface area contributed by atoms with Gasteiger partial charge in [0.25, 0.3) is 0 Å². The number of ether oxygens (including phenoxy) is 2. The third-order valence-corrected chi connectivity index (χ3v) is 4.36. The van der Waals surface area contributed by atoms with Gasteiger partial charge in [-0.25, -0.2) is 4.98 Å². The van der Waals surface area contributed by atoms with Crippen LogP contribution in [0.25, 0.3) is 11.0 Å². The van der Waals surface area contributed by atoms with Crippen LogP contribution in [0, 0.1) is 0 Å². The lowest BCUT2D eigenvalue weighted by Crippen LogP contribution is -2.15. The Hall–Kier alpha value is -2.96. The van der Waals surface area contributed by atoms with Gasteiger partial charge < -0.3 is 9.47 Å². The molecule has 148 valence electrons. The largest absolute Gasteiger partial charge is 0.494 e. The molecule has 0 N–H and O–H groups in total. The summed E-state index contributed by atoms with van der Waals surface area (Å²) in [5.41, 5.74) is 1.64. The standard InChI is InChI=1S/C21H22F2N2O3/c1-3-27-18-11-7-4-8-15(18)12-13-19(26)28-14(2)20-24-16-9-5-6-10-17(16)25(20)21(22)23/h4-11,14,21H,3,12-13H2,1-2H3. The van der Waals surface area contributed by atoms with E-state index in [4.69, 9.17) is 9.47 Å². The van der Waals surface area contributed by atoms with Crippen molar-refractivity contribution < 1.29 is 23.0 Å². The van der Waals surface area contributed by atoms with Crippen LogP contribution in [-0.4, -0.2) is 22.1 Å². The van der Waals surface area contributed by atoms with Gasteiger partial charge in [0.05, 0.1) is 17.6 Å². The molecule has 0 bridgehead atoms. The number of benzene rings is 2. The number of esters is 1. The van der Waals surface area contributed by atoms with Gasteiger partial charge in [-0.05, 0) is 44.0 Å². The molecule has 0 spiro atoms. The van der Waals surface area contributed by atoms with Gasteiger partial charge in [0.2, 0.25) is 0 Å². The summed E-state index contributed by atoms with van der Waals surface area (Å²) in [6.07, 6.45) is -0.341. The van der Waals surface area contributed by atoms with Gasteiger partial charge in [-0.15, -0.1) is 0 Å². The number of rotatable bonds is 8. The third-order valence-electron chi connectivity index (χ3n) is 4.36. The molecule has 0 radical (unpaired) electrons. The molecule has 1 unspecified atom stereocenters. The average molecular weight is 388 g/mol. The summed E-state index contributed by atoms with van der Waals surface area (Å²) in [7, 11) is 0. The zero-order chi connectivity index (χ0) is 20.1. The van der Waals surface area contributed by atoms with Crippen LogP contribution in [0.3, 0.4) is 0 Å². The van der Waals surface area contributed by atoms with Crippen molar-refractivity contribution in [2.24, 2.45) is 0 Å². The summed E-state index contributed by atoms with van der Waals surface area (Å²) in [5, 5.41) is 0. The van der Waals surface area contributed by atoms with Gasteiger partial charge in [-0.1, -0.05) is 30.3 Å². The van der Waals surface area contributed by atoms with Crippen molar-refractivity contribution in [2.75, 3.05) is 6.61 Å². The Labute approximate surface area is 161 Å². The molecule has 0 saturated carbocycles. The third kappa shape index (κ3) is 4.30. The Morgan fingerprint density at radius 1 is 1.14 bits per heavy atom. The van der Waals surface area contributed by atoms with Crippen LogP contribution < -0.4 is 4.74 Å². The van der Waals surface area contributed by atoms with E-state index < -0.39 is 18.6 Å². The van der Waals surface area contributed by atoms with Crippen LogP contribution >= 0.6 is 0 Å². The van der Waals surface area contributed by atoms with Crippen molar-refractivity contribution >= 4 is 17.0 Å². The average Bonchev–Trinajstić information content (AvgIpc) is 3.07. The van der Waals surface area contributed by atoms with Gasteiger partial charge in [0.15, 0.2) is 11.9 Å². The van der Waals surface area contributed by atoms with Gasteiger partial charge in [-0.3, -0.25) is 9.36 Å². The summed E-state index contributed by atoms with van der Waals surface area (Å²) in [4.78, 5) is 16.5. The number of carbonyl (C=O) groups is 1. The molecule has 2 aromatic carbocycles. The van der Waals surface area contributed by atoms with Gasteiger partial charge in [0.1, 0.15) is 5.75 Å². The minimum Gasteiger partial charge on any atom is -0.494 e. The molecule has 28 heavy (non-hydrogen) atoms. The van der Waals surface area contributed by atoms with E-state index in [9.17, 15) is 13.6 Å². The second kappa shape index (κ2) is 8.82. The van der Waals surface area contributed by atoms with E-state index >= 15 is 0 Å². The molecular formula is C21H22F2N2O3. The Kier molecular flexibility index (Phi) is 6.23. The highest BCUT2D eigenvalue weighted by Crippen LogP contribution is 2.28. The molecule has 1 atom stereocenters. The molecule has 0 saturated heterocycles. The van der Waals surface area contributed by atoms with E-state index in [0.717, 1.165) is 15.9 Å². The number of hydrogen-bond donors (Lipinski definition) is 0. The van der Waals surface area contributed by atoms with Crippen LogP contribution in [0.1, 0.15) is 44.3 Å². The van der Waals surface area contributed by atoms with E-state index in [1.807, 2.05) is 31.2 Å². The highest BCUT2D eigenvalue weighted by Gasteiger charge is 2.24. The predicted molar refractivity (Wildman–Crippen MR) is 101 cm³/mol. The monoisotopic (exact) mass is 388 g/mol. The minimum atomic E-state index is -2.78. The highest BCUT2D eigenvalue weighted by molar-refractivity contribution is 5.76. The molecule has 0 aliphatic carbocycles. The van der Waals surface area contributed by atoms with Crippen molar-refractivity contribution in [3.05, 3.63) is 59.9 Å². The van der Waals surface area contributed by atoms with Crippen molar-refractivity contribution in [1.82, 2.24) is 9.55 Å². The number of para-hydroxylation sites is 3. The van der Waals surface area contributed by atoms with Crippen LogP contribution in [0.2, 0.25) is 0 Å². The van der Waals surface area contributed by atoms with Gasteiger partial charge in [0, 0.05) is 6.42 Å². The summed E-state index contributed by atoms with van der Waals surface area (Å²) in [6.45, 7) is 1.19. The fourth-order valence-electron chi connectivity index (χ4n) is 3.11. The Balaban J connectivity index is 1.70. The highest BCUT2D eigenvalue weighted by atomic mass is 19.3. The first-order valence-electron chi connectivity index (χ1n) is 9.16. The Bertz CT molecular complexity index is 956. The molecule has 5 nitrogen and oxygen atoms in total. The molecular weight excluding hydrogens is 366 g/mol. The fourth-order valence-corrected chi connectivity index (χ4v) is 3.11. The summed E-state index contributed by atoms with van der Waals surface area (Å²) in [5.74, 6) is 0.274. The first-order valence-corrected chi connectivity index (χ1v) is 9.16. The zero-order valence-corrected chi connectivity index (χ0v) is 15.8. The minimum absolute atomic E-state index is 0.0271. The van der Waals surface area contributed by atoms with Crippen LogP contribution in [0.5, 0.6) is 5.75 Å². The van der Waals surface area contributed by atoms with Crippen molar-refractivity contribution in [1.29, 1.82) is 0 Å². The number of alkyl halides is 2. The quantitative estimate of drug-likeness (QED) is 0.506. The Morgan fingerprint density at radius 3 is 2.61 bits per heavy atom. The number of aromatic nitrogens is 2. The molecule has 0 fully saturated rings.